The SMILES string of the molecule is CSc1ccc(C=NNC(=O)[C@@H](NC(=O)Cc2cccs2)C(C)C)cc1. The van der Waals surface area contributed by atoms with E-state index in [1.165, 1.54) is 16.2 Å². The number of rotatable bonds is 8. The van der Waals surface area contributed by atoms with Gasteiger partial charge in [-0.05, 0) is 41.3 Å². The number of nitrogens with one attached hydrogen (secondary N) is 2. The minimum absolute atomic E-state index is 0.0432. The first-order valence-corrected chi connectivity index (χ1v) is 10.4. The maximum Gasteiger partial charge on any atom is 0.262 e. The maximum absolute atomic E-state index is 12.4. The van der Waals surface area contributed by atoms with Crippen LogP contribution in [-0.2, 0) is 16.0 Å². The lowest BCUT2D eigenvalue weighted by Crippen LogP contribution is -2.49. The monoisotopic (exact) mass is 389 g/mol. The molecule has 2 rings (SSSR count). The third-order valence-electron chi connectivity index (χ3n) is 3.68. The van der Waals surface area contributed by atoms with E-state index in [2.05, 4.69) is 15.8 Å². The van der Waals surface area contributed by atoms with Gasteiger partial charge >= 0.3 is 0 Å². The second-order valence-corrected chi connectivity index (χ2v) is 7.96. The Hall–Kier alpha value is -2.12. The molecule has 0 aliphatic heterocycles. The number of thiophene rings is 1. The Balaban J connectivity index is 1.90. The van der Waals surface area contributed by atoms with Crippen LogP contribution in [0.4, 0.5) is 0 Å². The van der Waals surface area contributed by atoms with Gasteiger partial charge in [0.15, 0.2) is 0 Å². The molecule has 0 fully saturated rings. The molecule has 0 saturated carbocycles. The van der Waals surface area contributed by atoms with Crippen LogP contribution in [0.1, 0.15) is 24.3 Å². The van der Waals surface area contributed by atoms with Gasteiger partial charge in [0.25, 0.3) is 5.91 Å². The van der Waals surface area contributed by atoms with Crippen LogP contribution in [0.3, 0.4) is 0 Å². The first-order valence-electron chi connectivity index (χ1n) is 8.28. The smallest absolute Gasteiger partial charge is 0.262 e. The number of thioether (sulfide) groups is 1. The molecule has 0 aliphatic carbocycles. The number of benzene rings is 1. The fraction of sp³-hybridized carbons (Fsp3) is 0.316. The minimum Gasteiger partial charge on any atom is -0.344 e. The average Bonchev–Trinajstić information content (AvgIpc) is 3.12. The molecule has 2 N–H and O–H groups in total. The summed E-state index contributed by atoms with van der Waals surface area (Å²) in [4.78, 5) is 26.7. The zero-order valence-electron chi connectivity index (χ0n) is 15.1. The van der Waals surface area contributed by atoms with Crippen LogP contribution in [0.25, 0.3) is 0 Å². The summed E-state index contributed by atoms with van der Waals surface area (Å²) in [6.07, 6.45) is 3.88. The molecule has 138 valence electrons. The average molecular weight is 390 g/mol. The molecule has 0 aliphatic rings. The Morgan fingerprint density at radius 2 is 1.96 bits per heavy atom. The lowest BCUT2D eigenvalue weighted by atomic mass is 10.0. The van der Waals surface area contributed by atoms with Gasteiger partial charge in [-0.2, -0.15) is 5.10 Å². The number of carbonyl (C=O) groups is 2. The van der Waals surface area contributed by atoms with Crippen molar-refractivity contribution in [1.29, 1.82) is 0 Å². The van der Waals surface area contributed by atoms with E-state index in [0.717, 1.165) is 10.4 Å². The van der Waals surface area contributed by atoms with E-state index in [0.29, 0.717) is 0 Å². The molecule has 2 aromatic rings. The number of hydrazone groups is 1. The molecule has 0 unspecified atom stereocenters. The number of carbonyl (C=O) groups excluding carboxylic acids is 2. The Kier molecular flexibility index (Phi) is 7.87. The van der Waals surface area contributed by atoms with Crippen LogP contribution in [0.2, 0.25) is 0 Å². The van der Waals surface area contributed by atoms with Gasteiger partial charge in [0.05, 0.1) is 12.6 Å². The van der Waals surface area contributed by atoms with Crippen LogP contribution in [0.15, 0.2) is 51.8 Å². The van der Waals surface area contributed by atoms with Crippen LogP contribution < -0.4 is 10.7 Å². The van der Waals surface area contributed by atoms with Gasteiger partial charge in [0.2, 0.25) is 5.91 Å². The Bertz CT molecular complexity index is 741. The van der Waals surface area contributed by atoms with Gasteiger partial charge < -0.3 is 5.32 Å². The molecular formula is C19H23N3O2S2. The van der Waals surface area contributed by atoms with E-state index < -0.39 is 6.04 Å². The van der Waals surface area contributed by atoms with Gasteiger partial charge in [-0.25, -0.2) is 5.43 Å². The zero-order valence-corrected chi connectivity index (χ0v) is 16.7. The zero-order chi connectivity index (χ0) is 18.9. The molecule has 2 amide bonds. The molecule has 0 saturated heterocycles. The van der Waals surface area contributed by atoms with Crippen LogP contribution >= 0.6 is 23.1 Å². The van der Waals surface area contributed by atoms with Crippen molar-refractivity contribution in [2.45, 2.75) is 31.2 Å². The topological polar surface area (TPSA) is 70.6 Å². The fourth-order valence-corrected chi connectivity index (χ4v) is 3.37. The van der Waals surface area contributed by atoms with Crippen molar-refractivity contribution in [2.24, 2.45) is 11.0 Å². The van der Waals surface area contributed by atoms with E-state index in [1.807, 2.05) is 61.9 Å². The van der Waals surface area contributed by atoms with Crippen molar-refractivity contribution in [3.05, 3.63) is 52.2 Å². The highest BCUT2D eigenvalue weighted by Gasteiger charge is 2.24. The minimum atomic E-state index is -0.626. The van der Waals surface area contributed by atoms with Crippen molar-refractivity contribution in [2.75, 3.05) is 6.26 Å². The third-order valence-corrected chi connectivity index (χ3v) is 5.30. The molecule has 0 bridgehead atoms. The number of nitrogens with zero attached hydrogens (tertiary/aromatic N) is 1. The lowest BCUT2D eigenvalue weighted by molar-refractivity contribution is -0.129. The Labute approximate surface area is 162 Å². The first-order chi connectivity index (χ1) is 12.5. The molecular weight excluding hydrogens is 366 g/mol. The predicted molar refractivity (Wildman–Crippen MR) is 109 cm³/mol. The molecule has 5 nitrogen and oxygen atoms in total. The highest BCUT2D eigenvalue weighted by molar-refractivity contribution is 7.98. The summed E-state index contributed by atoms with van der Waals surface area (Å²) < 4.78 is 0. The van der Waals surface area contributed by atoms with E-state index in [9.17, 15) is 9.59 Å². The highest BCUT2D eigenvalue weighted by Crippen LogP contribution is 2.14. The molecule has 0 radical (unpaired) electrons. The summed E-state index contributed by atoms with van der Waals surface area (Å²) in [5.41, 5.74) is 3.41. The van der Waals surface area contributed by atoms with Crippen molar-refractivity contribution in [1.82, 2.24) is 10.7 Å². The van der Waals surface area contributed by atoms with E-state index in [4.69, 9.17) is 0 Å². The van der Waals surface area contributed by atoms with Crippen molar-refractivity contribution >= 4 is 41.1 Å². The standard InChI is InChI=1S/C19H23N3O2S2/c1-13(2)18(21-17(23)11-16-5-4-10-26-16)19(24)22-20-12-14-6-8-15(25-3)9-7-14/h4-10,12-13,18H,11H2,1-3H3,(H,21,23)(H,22,24)/t18-/m0/s1. The summed E-state index contributed by atoms with van der Waals surface area (Å²) in [5, 5.41) is 8.73. The maximum atomic E-state index is 12.4. The van der Waals surface area contributed by atoms with Gasteiger partial charge in [0.1, 0.15) is 6.04 Å². The summed E-state index contributed by atoms with van der Waals surface area (Å²) in [5.74, 6) is -0.534. The number of hydrogen-bond acceptors (Lipinski definition) is 5. The first kappa shape index (κ1) is 20.2. The molecule has 1 aromatic heterocycles. The van der Waals surface area contributed by atoms with Gasteiger partial charge in [-0.3, -0.25) is 9.59 Å². The Morgan fingerprint density at radius 3 is 2.54 bits per heavy atom. The normalized spacial score (nSPS) is 12.3. The summed E-state index contributed by atoms with van der Waals surface area (Å²) >= 11 is 3.19. The summed E-state index contributed by atoms with van der Waals surface area (Å²) in [6.45, 7) is 3.78. The third kappa shape index (κ3) is 6.31. The van der Waals surface area contributed by atoms with Crippen molar-refractivity contribution in [3.63, 3.8) is 0 Å². The number of amides is 2. The summed E-state index contributed by atoms with van der Waals surface area (Å²) in [7, 11) is 0. The predicted octanol–water partition coefficient (Wildman–Crippen LogP) is 3.30. The molecule has 0 spiro atoms. The summed E-state index contributed by atoms with van der Waals surface area (Å²) in [6, 6.07) is 11.0. The Morgan fingerprint density at radius 1 is 1.23 bits per heavy atom. The number of hydrogen-bond donors (Lipinski definition) is 2. The molecule has 1 aromatic carbocycles. The molecule has 26 heavy (non-hydrogen) atoms. The van der Waals surface area contributed by atoms with Crippen LogP contribution in [0.5, 0.6) is 0 Å². The highest BCUT2D eigenvalue weighted by atomic mass is 32.2. The van der Waals surface area contributed by atoms with Crippen molar-refractivity contribution in [3.8, 4) is 0 Å². The van der Waals surface area contributed by atoms with Gasteiger partial charge in [-0.1, -0.05) is 32.0 Å². The van der Waals surface area contributed by atoms with Gasteiger partial charge in [0, 0.05) is 9.77 Å². The van der Waals surface area contributed by atoms with E-state index >= 15 is 0 Å². The molecule has 1 heterocycles. The molecule has 1 atom stereocenters. The van der Waals surface area contributed by atoms with E-state index in [1.54, 1.807) is 18.0 Å². The lowest BCUT2D eigenvalue weighted by Gasteiger charge is -2.20. The fourth-order valence-electron chi connectivity index (χ4n) is 2.26. The largest absolute Gasteiger partial charge is 0.344 e. The van der Waals surface area contributed by atoms with Crippen molar-refractivity contribution < 1.29 is 9.59 Å². The second-order valence-electron chi connectivity index (χ2n) is 6.05. The second kappa shape index (κ2) is 10.1. The van der Waals surface area contributed by atoms with Crippen LogP contribution in [-0.4, -0.2) is 30.3 Å². The quantitative estimate of drug-likeness (QED) is 0.413. The van der Waals surface area contributed by atoms with Crippen LogP contribution in [0, 0.1) is 5.92 Å². The van der Waals surface area contributed by atoms with E-state index in [-0.39, 0.29) is 24.2 Å². The molecule has 7 heteroatoms. The van der Waals surface area contributed by atoms with Gasteiger partial charge in [-0.15, -0.1) is 23.1 Å².